The summed E-state index contributed by atoms with van der Waals surface area (Å²) in [5, 5.41) is 10.2. The van der Waals surface area contributed by atoms with Gasteiger partial charge in [0.05, 0.1) is 11.6 Å². The van der Waals surface area contributed by atoms with E-state index in [-0.39, 0.29) is 11.4 Å². The Morgan fingerprint density at radius 2 is 2.05 bits per heavy atom. The fourth-order valence-corrected chi connectivity index (χ4v) is 5.60. The van der Waals surface area contributed by atoms with Crippen molar-refractivity contribution < 1.29 is 4.79 Å². The van der Waals surface area contributed by atoms with Gasteiger partial charge in [0.1, 0.15) is 0 Å². The van der Waals surface area contributed by atoms with E-state index in [0.29, 0.717) is 12.0 Å². The molecule has 1 saturated heterocycles. The third-order valence-electron chi connectivity index (χ3n) is 6.11. The lowest BCUT2D eigenvalue weighted by Crippen LogP contribution is -2.60. The fraction of sp³-hybridized carbons (Fsp3) is 0.500. The van der Waals surface area contributed by atoms with Gasteiger partial charge in [0.2, 0.25) is 0 Å². The first-order valence-corrected chi connectivity index (χ1v) is 9.17. The molecule has 1 aromatic carbocycles. The molecule has 1 spiro atoms. The van der Waals surface area contributed by atoms with Crippen LogP contribution in [0.25, 0.3) is 10.1 Å². The molecule has 4 fully saturated rings. The number of hydrogen-bond acceptors (Lipinski definition) is 3. The predicted octanol–water partition coefficient (Wildman–Crippen LogP) is 3.16. The van der Waals surface area contributed by atoms with E-state index in [2.05, 4.69) is 28.1 Å². The van der Waals surface area contributed by atoms with Crippen molar-refractivity contribution in [2.24, 2.45) is 11.8 Å². The monoisotopic (exact) mass is 312 g/mol. The Morgan fingerprint density at radius 1 is 1.23 bits per heavy atom. The summed E-state index contributed by atoms with van der Waals surface area (Å²) in [6, 6.07) is 8.46. The summed E-state index contributed by atoms with van der Waals surface area (Å²) in [6.07, 6.45) is 5.24. The summed E-state index contributed by atoms with van der Waals surface area (Å²) in [5.74, 6) is 1.52. The molecule has 0 unspecified atom stereocenters. The normalized spacial score (nSPS) is 35.9. The molecule has 1 aliphatic heterocycles. The number of thiophene rings is 1. The Labute approximate surface area is 134 Å². The highest BCUT2D eigenvalue weighted by Gasteiger charge is 2.61. The van der Waals surface area contributed by atoms with Crippen LogP contribution < -0.4 is 10.6 Å². The second-order valence-corrected chi connectivity index (χ2v) is 8.08. The smallest absolute Gasteiger partial charge is 0.251 e. The van der Waals surface area contributed by atoms with Crippen molar-refractivity contribution in [1.82, 2.24) is 10.6 Å². The van der Waals surface area contributed by atoms with Crippen LogP contribution in [0.4, 0.5) is 0 Å². The standard InChI is InChI=1S/C18H20N2OS/c21-17(13-3-6-15-12(9-13)7-8-22-15)20-16-11-1-4-14(5-2-11)18(16)10-19-18/h3,6-9,11,14,16,19H,1-2,4-5,10H2,(H,20,21)/t11?,14?,16-,18+/m1/s1. The summed E-state index contributed by atoms with van der Waals surface area (Å²) in [7, 11) is 0. The SMILES string of the molecule is O=C(N[C@@H]1C2CCC(CC2)[C@@]12CN2)c1ccc2sccc2c1. The predicted molar refractivity (Wildman–Crippen MR) is 89.3 cm³/mol. The molecular formula is C18H20N2OS. The summed E-state index contributed by atoms with van der Waals surface area (Å²) < 4.78 is 1.24. The van der Waals surface area contributed by atoms with Crippen molar-refractivity contribution in [3.63, 3.8) is 0 Å². The lowest BCUT2D eigenvalue weighted by molar-refractivity contribution is 0.0634. The first-order valence-electron chi connectivity index (χ1n) is 8.29. The molecule has 114 valence electrons. The van der Waals surface area contributed by atoms with Gasteiger partial charge >= 0.3 is 0 Å². The molecule has 2 aromatic rings. The second-order valence-electron chi connectivity index (χ2n) is 7.13. The molecule has 3 aliphatic carbocycles. The quantitative estimate of drug-likeness (QED) is 0.837. The van der Waals surface area contributed by atoms with Crippen LogP contribution in [0, 0.1) is 11.8 Å². The number of amides is 1. The molecule has 22 heavy (non-hydrogen) atoms. The number of nitrogens with one attached hydrogen (secondary N) is 2. The second kappa shape index (κ2) is 4.56. The van der Waals surface area contributed by atoms with Crippen molar-refractivity contribution in [3.8, 4) is 0 Å². The number of carbonyl (C=O) groups is 1. The van der Waals surface area contributed by atoms with E-state index in [0.717, 1.165) is 18.0 Å². The first-order chi connectivity index (χ1) is 10.8. The Morgan fingerprint density at radius 3 is 2.82 bits per heavy atom. The fourth-order valence-electron chi connectivity index (χ4n) is 4.83. The maximum Gasteiger partial charge on any atom is 0.251 e. The third kappa shape index (κ3) is 1.80. The minimum atomic E-state index is 0.0960. The molecule has 3 saturated carbocycles. The molecule has 2 bridgehead atoms. The average molecular weight is 312 g/mol. The number of hydrogen-bond donors (Lipinski definition) is 2. The van der Waals surface area contributed by atoms with E-state index >= 15 is 0 Å². The van der Waals surface area contributed by atoms with E-state index in [1.807, 2.05) is 12.1 Å². The lowest BCUT2D eigenvalue weighted by atomic mass is 9.61. The molecular weight excluding hydrogens is 292 g/mol. The molecule has 2 N–H and O–H groups in total. The maximum atomic E-state index is 12.7. The molecule has 4 heteroatoms. The summed E-state index contributed by atoms with van der Waals surface area (Å²) in [4.78, 5) is 12.7. The van der Waals surface area contributed by atoms with Crippen molar-refractivity contribution in [1.29, 1.82) is 0 Å². The van der Waals surface area contributed by atoms with E-state index in [4.69, 9.17) is 0 Å². The van der Waals surface area contributed by atoms with Crippen molar-refractivity contribution in [2.75, 3.05) is 6.54 Å². The minimum Gasteiger partial charge on any atom is -0.347 e. The molecule has 4 aliphatic rings. The zero-order valence-electron chi connectivity index (χ0n) is 12.5. The first kappa shape index (κ1) is 13.1. The number of fused-ring (bicyclic) bond motifs is 3. The van der Waals surface area contributed by atoms with Crippen LogP contribution in [0.1, 0.15) is 36.0 Å². The Hall–Kier alpha value is -1.39. The highest BCUT2D eigenvalue weighted by atomic mass is 32.1. The summed E-state index contributed by atoms with van der Waals surface area (Å²) >= 11 is 1.72. The maximum absolute atomic E-state index is 12.7. The largest absolute Gasteiger partial charge is 0.347 e. The number of rotatable bonds is 2. The van der Waals surface area contributed by atoms with Gasteiger partial charge in [0.15, 0.2) is 0 Å². The van der Waals surface area contributed by atoms with Gasteiger partial charge in [0, 0.05) is 16.8 Å². The lowest BCUT2D eigenvalue weighted by Gasteiger charge is -2.48. The number of carbonyl (C=O) groups excluding carboxylic acids is 1. The van der Waals surface area contributed by atoms with Gasteiger partial charge in [-0.05, 0) is 72.6 Å². The molecule has 1 amide bonds. The molecule has 0 radical (unpaired) electrons. The molecule has 3 nitrogen and oxygen atoms in total. The van der Waals surface area contributed by atoms with Gasteiger partial charge in [-0.1, -0.05) is 0 Å². The third-order valence-corrected chi connectivity index (χ3v) is 7.01. The van der Waals surface area contributed by atoms with Crippen LogP contribution in [-0.2, 0) is 0 Å². The molecule has 6 rings (SSSR count). The van der Waals surface area contributed by atoms with Crippen LogP contribution in [0.15, 0.2) is 29.6 Å². The van der Waals surface area contributed by atoms with Gasteiger partial charge in [0.25, 0.3) is 5.91 Å². The van der Waals surface area contributed by atoms with Gasteiger partial charge in [-0.2, -0.15) is 0 Å². The zero-order valence-corrected chi connectivity index (χ0v) is 13.3. The average Bonchev–Trinajstić information content (AvgIpc) is 3.18. The Bertz CT molecular complexity index is 740. The number of benzene rings is 1. The Kier molecular flexibility index (Phi) is 2.71. The van der Waals surface area contributed by atoms with Crippen molar-refractivity contribution in [3.05, 3.63) is 35.2 Å². The van der Waals surface area contributed by atoms with Gasteiger partial charge in [-0.15, -0.1) is 11.3 Å². The van der Waals surface area contributed by atoms with Crippen LogP contribution in [0.2, 0.25) is 0 Å². The van der Waals surface area contributed by atoms with E-state index in [1.165, 1.54) is 35.8 Å². The molecule has 2 atom stereocenters. The highest BCUT2D eigenvalue weighted by Crippen LogP contribution is 2.51. The van der Waals surface area contributed by atoms with Crippen LogP contribution in [0.3, 0.4) is 0 Å². The van der Waals surface area contributed by atoms with E-state index in [1.54, 1.807) is 11.3 Å². The minimum absolute atomic E-state index is 0.0960. The zero-order chi connectivity index (χ0) is 14.7. The Balaban J connectivity index is 1.42. The van der Waals surface area contributed by atoms with Crippen molar-refractivity contribution in [2.45, 2.75) is 37.3 Å². The highest BCUT2D eigenvalue weighted by molar-refractivity contribution is 7.17. The molecule has 1 aromatic heterocycles. The van der Waals surface area contributed by atoms with Gasteiger partial charge < -0.3 is 10.6 Å². The summed E-state index contributed by atoms with van der Waals surface area (Å²) in [6.45, 7) is 1.09. The van der Waals surface area contributed by atoms with Crippen LogP contribution >= 0.6 is 11.3 Å². The van der Waals surface area contributed by atoms with Crippen LogP contribution in [-0.4, -0.2) is 24.0 Å². The summed E-state index contributed by atoms with van der Waals surface area (Å²) in [5.41, 5.74) is 1.02. The van der Waals surface area contributed by atoms with Crippen molar-refractivity contribution >= 4 is 27.3 Å². The van der Waals surface area contributed by atoms with Crippen LogP contribution in [0.5, 0.6) is 0 Å². The molecule has 2 heterocycles. The van der Waals surface area contributed by atoms with E-state index in [9.17, 15) is 4.79 Å². The van der Waals surface area contributed by atoms with E-state index < -0.39 is 0 Å². The topological polar surface area (TPSA) is 51.0 Å². The van der Waals surface area contributed by atoms with Gasteiger partial charge in [-0.3, -0.25) is 4.79 Å². The van der Waals surface area contributed by atoms with Gasteiger partial charge in [-0.25, -0.2) is 0 Å².